The maximum atomic E-state index is 11.1. The molecule has 0 saturated heterocycles. The molecule has 2 aromatic rings. The van der Waals surface area contributed by atoms with Gasteiger partial charge in [0.1, 0.15) is 12.2 Å². The number of aromatic hydroxyl groups is 1. The Morgan fingerprint density at radius 3 is 2.55 bits per heavy atom. The second kappa shape index (κ2) is 5.84. The molecule has 0 aliphatic carbocycles. The number of ether oxygens (including phenoxy) is 1. The van der Waals surface area contributed by atoms with Crippen LogP contribution in [0.4, 0.5) is 0 Å². The zero-order valence-corrected chi connectivity index (χ0v) is 11.5. The van der Waals surface area contributed by atoms with Gasteiger partial charge in [0.05, 0.1) is 5.02 Å². The van der Waals surface area contributed by atoms with Crippen molar-refractivity contribution in [3.63, 3.8) is 0 Å². The Bertz CT molecular complexity index is 638. The Kier molecular flexibility index (Phi) is 4.15. The number of aryl methyl sites for hydroxylation is 1. The van der Waals surface area contributed by atoms with Crippen molar-refractivity contribution < 1.29 is 19.7 Å². The summed E-state index contributed by atoms with van der Waals surface area (Å²) in [5, 5.41) is 19.0. The molecule has 0 heterocycles. The Balaban J connectivity index is 2.31. The zero-order valence-electron chi connectivity index (χ0n) is 10.8. The van der Waals surface area contributed by atoms with Crippen LogP contribution < -0.4 is 4.74 Å². The smallest absolute Gasteiger partial charge is 0.341 e. The Morgan fingerprint density at radius 1 is 1.30 bits per heavy atom. The first-order valence-electron chi connectivity index (χ1n) is 5.92. The number of hydrogen-bond donors (Lipinski definition) is 2. The lowest BCUT2D eigenvalue weighted by atomic mass is 10.1. The van der Waals surface area contributed by atoms with Crippen LogP contribution in [0.1, 0.15) is 21.5 Å². The Hall–Kier alpha value is -2.20. The quantitative estimate of drug-likeness (QED) is 0.903. The third kappa shape index (κ3) is 2.86. The van der Waals surface area contributed by atoms with Gasteiger partial charge in [-0.3, -0.25) is 0 Å². The van der Waals surface area contributed by atoms with Gasteiger partial charge in [0.2, 0.25) is 0 Å². The lowest BCUT2D eigenvalue weighted by Gasteiger charge is -2.13. The third-order valence-corrected chi connectivity index (χ3v) is 3.32. The van der Waals surface area contributed by atoms with Crippen LogP contribution in [-0.4, -0.2) is 16.2 Å². The van der Waals surface area contributed by atoms with E-state index in [1.165, 1.54) is 6.07 Å². The van der Waals surface area contributed by atoms with Gasteiger partial charge in [-0.05, 0) is 24.1 Å². The van der Waals surface area contributed by atoms with E-state index in [-0.39, 0.29) is 22.9 Å². The first kappa shape index (κ1) is 14.2. The number of aromatic carboxylic acids is 1. The molecular formula is C15H13ClO4. The number of rotatable bonds is 4. The molecule has 0 amide bonds. The van der Waals surface area contributed by atoms with E-state index >= 15 is 0 Å². The van der Waals surface area contributed by atoms with Crippen molar-refractivity contribution in [2.45, 2.75) is 13.5 Å². The summed E-state index contributed by atoms with van der Waals surface area (Å²) in [5.41, 5.74) is 1.11. The van der Waals surface area contributed by atoms with Crippen LogP contribution in [0.5, 0.6) is 11.5 Å². The van der Waals surface area contributed by atoms with Crippen LogP contribution in [0.15, 0.2) is 36.4 Å². The summed E-state index contributed by atoms with van der Waals surface area (Å²) < 4.78 is 5.48. The van der Waals surface area contributed by atoms with Gasteiger partial charge in [0.25, 0.3) is 0 Å². The molecule has 0 radical (unpaired) electrons. The second-order valence-electron chi connectivity index (χ2n) is 4.31. The molecule has 104 valence electrons. The first-order chi connectivity index (χ1) is 9.50. The van der Waals surface area contributed by atoms with Gasteiger partial charge in [0.15, 0.2) is 11.5 Å². The molecule has 2 N–H and O–H groups in total. The minimum atomic E-state index is -1.29. The zero-order chi connectivity index (χ0) is 14.7. The number of carboxylic acid groups (broad SMARTS) is 1. The SMILES string of the molecule is Cc1cc(OCc2ccccc2)c(O)c(C(=O)O)c1Cl. The highest BCUT2D eigenvalue weighted by Gasteiger charge is 2.21. The standard InChI is InChI=1S/C15H13ClO4/c1-9-7-11(14(17)12(13(9)16)15(18)19)20-8-10-5-3-2-4-6-10/h2-7,17H,8H2,1H3,(H,18,19). The molecule has 0 aliphatic heterocycles. The van der Waals surface area contributed by atoms with Crippen molar-refractivity contribution in [3.8, 4) is 11.5 Å². The molecule has 0 fully saturated rings. The predicted molar refractivity (Wildman–Crippen MR) is 75.6 cm³/mol. The average molecular weight is 293 g/mol. The van der Waals surface area contributed by atoms with Gasteiger partial charge in [-0.2, -0.15) is 0 Å². The van der Waals surface area contributed by atoms with Crippen LogP contribution in [0.2, 0.25) is 5.02 Å². The lowest BCUT2D eigenvalue weighted by Crippen LogP contribution is -2.03. The van der Waals surface area contributed by atoms with E-state index < -0.39 is 11.7 Å². The van der Waals surface area contributed by atoms with E-state index in [0.29, 0.717) is 5.56 Å². The fraction of sp³-hybridized carbons (Fsp3) is 0.133. The van der Waals surface area contributed by atoms with Crippen LogP contribution in [0, 0.1) is 6.92 Å². The summed E-state index contributed by atoms with van der Waals surface area (Å²) in [6.07, 6.45) is 0. The molecular weight excluding hydrogens is 280 g/mol. The number of halogens is 1. The van der Waals surface area contributed by atoms with Crippen molar-refractivity contribution in [1.29, 1.82) is 0 Å². The minimum absolute atomic E-state index is 0.0158. The summed E-state index contributed by atoms with van der Waals surface area (Å²) >= 11 is 5.89. The maximum absolute atomic E-state index is 11.1. The topological polar surface area (TPSA) is 66.8 Å². The number of benzene rings is 2. The van der Waals surface area contributed by atoms with Crippen molar-refractivity contribution in [2.75, 3.05) is 0 Å². The fourth-order valence-electron chi connectivity index (χ4n) is 1.79. The van der Waals surface area contributed by atoms with E-state index in [4.69, 9.17) is 21.4 Å². The summed E-state index contributed by atoms with van der Waals surface area (Å²) in [4.78, 5) is 11.1. The van der Waals surface area contributed by atoms with Gasteiger partial charge < -0.3 is 14.9 Å². The number of carbonyl (C=O) groups is 1. The van der Waals surface area contributed by atoms with Gasteiger partial charge in [0, 0.05) is 0 Å². The second-order valence-corrected chi connectivity index (χ2v) is 4.69. The molecule has 2 rings (SSSR count). The third-order valence-electron chi connectivity index (χ3n) is 2.83. The van der Waals surface area contributed by atoms with E-state index in [9.17, 15) is 9.90 Å². The number of hydrogen-bond acceptors (Lipinski definition) is 3. The van der Waals surface area contributed by atoms with E-state index in [1.807, 2.05) is 30.3 Å². The predicted octanol–water partition coefficient (Wildman–Crippen LogP) is 3.63. The molecule has 0 aliphatic rings. The summed E-state index contributed by atoms with van der Waals surface area (Å²) in [6, 6.07) is 10.9. The van der Waals surface area contributed by atoms with Crippen molar-refractivity contribution in [3.05, 3.63) is 58.1 Å². The van der Waals surface area contributed by atoms with Crippen molar-refractivity contribution in [2.24, 2.45) is 0 Å². The molecule has 20 heavy (non-hydrogen) atoms. The first-order valence-corrected chi connectivity index (χ1v) is 6.30. The molecule has 4 nitrogen and oxygen atoms in total. The Morgan fingerprint density at radius 2 is 1.95 bits per heavy atom. The minimum Gasteiger partial charge on any atom is -0.504 e. The highest BCUT2D eigenvalue weighted by molar-refractivity contribution is 6.34. The lowest BCUT2D eigenvalue weighted by molar-refractivity contribution is 0.0693. The van der Waals surface area contributed by atoms with E-state index in [1.54, 1.807) is 6.92 Å². The van der Waals surface area contributed by atoms with Gasteiger partial charge in [-0.15, -0.1) is 0 Å². The average Bonchev–Trinajstić information content (AvgIpc) is 2.42. The largest absolute Gasteiger partial charge is 0.504 e. The molecule has 0 atom stereocenters. The molecule has 0 bridgehead atoms. The Labute approximate surface area is 121 Å². The number of carboxylic acids is 1. The normalized spacial score (nSPS) is 10.3. The molecule has 2 aromatic carbocycles. The van der Waals surface area contributed by atoms with Crippen LogP contribution in [-0.2, 0) is 6.61 Å². The molecule has 0 saturated carbocycles. The highest BCUT2D eigenvalue weighted by atomic mass is 35.5. The van der Waals surface area contributed by atoms with E-state index in [2.05, 4.69) is 0 Å². The van der Waals surface area contributed by atoms with Crippen molar-refractivity contribution in [1.82, 2.24) is 0 Å². The van der Waals surface area contributed by atoms with Gasteiger partial charge in [-0.1, -0.05) is 41.9 Å². The van der Waals surface area contributed by atoms with Gasteiger partial charge >= 0.3 is 5.97 Å². The van der Waals surface area contributed by atoms with Crippen LogP contribution >= 0.6 is 11.6 Å². The van der Waals surface area contributed by atoms with Crippen LogP contribution in [0.3, 0.4) is 0 Å². The molecule has 5 heteroatoms. The van der Waals surface area contributed by atoms with E-state index in [0.717, 1.165) is 5.56 Å². The van der Waals surface area contributed by atoms with Crippen LogP contribution in [0.25, 0.3) is 0 Å². The fourth-order valence-corrected chi connectivity index (χ4v) is 2.02. The van der Waals surface area contributed by atoms with Gasteiger partial charge in [-0.25, -0.2) is 4.79 Å². The monoisotopic (exact) mass is 292 g/mol. The van der Waals surface area contributed by atoms with Crippen molar-refractivity contribution >= 4 is 17.6 Å². The summed E-state index contributed by atoms with van der Waals surface area (Å²) in [7, 11) is 0. The summed E-state index contributed by atoms with van der Waals surface area (Å²) in [6.45, 7) is 1.89. The molecule has 0 unspecified atom stereocenters. The number of phenols is 1. The molecule has 0 spiro atoms. The maximum Gasteiger partial charge on any atom is 0.341 e. The summed E-state index contributed by atoms with van der Waals surface area (Å²) in [5.74, 6) is -1.64. The highest BCUT2D eigenvalue weighted by Crippen LogP contribution is 2.37. The molecule has 0 aromatic heterocycles.